The summed E-state index contributed by atoms with van der Waals surface area (Å²) in [7, 11) is -22.3. The molecule has 0 aliphatic heterocycles. The van der Waals surface area contributed by atoms with Crippen molar-refractivity contribution in [2.45, 2.75) is 23.8 Å². The number of sulfone groups is 4. The highest BCUT2D eigenvalue weighted by molar-refractivity contribution is 8.14. The fourth-order valence-corrected chi connectivity index (χ4v) is 9.93. The van der Waals surface area contributed by atoms with Crippen LogP contribution in [0, 0.1) is 0 Å². The molecule has 0 saturated carbocycles. The maximum absolute atomic E-state index is 12.5. The summed E-state index contributed by atoms with van der Waals surface area (Å²) in [5, 5.41) is -2.76. The summed E-state index contributed by atoms with van der Waals surface area (Å²) in [6, 6.07) is 4.97. The van der Waals surface area contributed by atoms with Gasteiger partial charge in [-0.2, -0.15) is 26.3 Å². The molecular weight excluding hydrogens is 775 g/mol. The van der Waals surface area contributed by atoms with Gasteiger partial charge in [-0.1, -0.05) is 69.6 Å². The van der Waals surface area contributed by atoms with E-state index in [0.29, 0.717) is 6.07 Å². The molecule has 2 aromatic carbocycles. The molecule has 24 heteroatoms. The smallest absolute Gasteiger partial charge is 0.223 e. The largest absolute Gasteiger partial charge is 0.501 e. The van der Waals surface area contributed by atoms with E-state index in [9.17, 15) is 60.0 Å². The van der Waals surface area contributed by atoms with E-state index in [2.05, 4.69) is 0 Å². The van der Waals surface area contributed by atoms with Crippen LogP contribution < -0.4 is 0 Å². The van der Waals surface area contributed by atoms with Crippen molar-refractivity contribution in [1.29, 1.82) is 0 Å². The highest BCUT2D eigenvalue weighted by Gasteiger charge is 2.65. The molecule has 0 aliphatic carbocycles. The van der Waals surface area contributed by atoms with Gasteiger partial charge in [0.2, 0.25) is 9.84 Å². The van der Waals surface area contributed by atoms with Crippen LogP contribution in [-0.2, 0) is 39.3 Å². The van der Waals surface area contributed by atoms with Gasteiger partial charge >= 0.3 is 14.0 Å². The molecule has 0 radical (unpaired) electrons. The number of hydrogen-bond donors (Lipinski definition) is 0. The van der Waals surface area contributed by atoms with E-state index in [1.165, 1.54) is 0 Å². The molecule has 0 aromatic heterocycles. The lowest BCUT2D eigenvalue weighted by Gasteiger charge is -2.21. The van der Waals surface area contributed by atoms with Crippen LogP contribution in [0.5, 0.6) is 0 Å². The highest BCUT2D eigenvalue weighted by Crippen LogP contribution is 2.46. The molecule has 0 fully saturated rings. The van der Waals surface area contributed by atoms with E-state index in [0.717, 1.165) is 30.3 Å². The van der Waals surface area contributed by atoms with Crippen LogP contribution in [0.15, 0.2) is 46.2 Å². The zero-order chi connectivity index (χ0) is 31.9. The SMILES string of the molecule is O=S(=O)(CS(=O)(=O)C(F)(F)F)c1ccc(Cl)c(Cl)c1.O=S(=O)(c1ccc(Cl)c(Cl)c1)C(Cl)(Cl)S(=O)(=O)C(F)(F)F. The standard InChI is InChI=1S/C8H3Cl4F3O4S2.C8H5Cl2F3O4S2/c9-5-2-1-4(3-6(5)10)20(16,17)7(11,12)21(18,19)8(13,14)15;9-6-2-1-5(3-7(6)10)18(14,15)4-19(16,17)8(11,12)13/h1-3H;1-3H,4H2. The zero-order valence-electron chi connectivity index (χ0n) is 18.1. The average molecular weight is 783 g/mol. The minimum atomic E-state index is -6.44. The van der Waals surface area contributed by atoms with E-state index >= 15 is 0 Å². The van der Waals surface area contributed by atoms with Crippen molar-refractivity contribution in [2.24, 2.45) is 0 Å². The first-order valence-corrected chi connectivity index (χ1v) is 17.4. The molecule has 8 nitrogen and oxygen atoms in total. The summed E-state index contributed by atoms with van der Waals surface area (Å²) in [5.74, 6) is 0. The lowest BCUT2D eigenvalue weighted by atomic mass is 10.4. The quantitative estimate of drug-likeness (QED) is 0.241. The number of rotatable bonds is 6. The van der Waals surface area contributed by atoms with Gasteiger partial charge in [-0.25, -0.2) is 33.7 Å². The van der Waals surface area contributed by atoms with Crippen molar-refractivity contribution in [1.82, 2.24) is 0 Å². The third-order valence-corrected chi connectivity index (χ3v) is 16.2. The Morgan fingerprint density at radius 3 is 1.30 bits per heavy atom. The second-order valence-electron chi connectivity index (χ2n) is 6.86. The van der Waals surface area contributed by atoms with Crippen LogP contribution in [0.1, 0.15) is 0 Å². The summed E-state index contributed by atoms with van der Waals surface area (Å²) >= 11 is 32.1. The molecule has 0 spiro atoms. The van der Waals surface area contributed by atoms with Crippen LogP contribution in [0.25, 0.3) is 0 Å². The van der Waals surface area contributed by atoms with Crippen LogP contribution in [0.4, 0.5) is 26.3 Å². The van der Waals surface area contributed by atoms with Gasteiger partial charge < -0.3 is 0 Å². The fraction of sp³-hybridized carbons (Fsp3) is 0.250. The van der Waals surface area contributed by atoms with E-state index < -0.39 is 68.2 Å². The van der Waals surface area contributed by atoms with E-state index in [1.54, 1.807) is 0 Å². The van der Waals surface area contributed by atoms with Gasteiger partial charge in [-0.15, -0.1) is 0 Å². The predicted molar refractivity (Wildman–Crippen MR) is 137 cm³/mol. The van der Waals surface area contributed by atoms with Crippen LogP contribution in [0.3, 0.4) is 0 Å². The molecule has 0 amide bonds. The average Bonchev–Trinajstić information content (AvgIpc) is 2.75. The van der Waals surface area contributed by atoms with Gasteiger partial charge in [0, 0.05) is 0 Å². The van der Waals surface area contributed by atoms with Gasteiger partial charge in [0.1, 0.15) is 0 Å². The van der Waals surface area contributed by atoms with Crippen molar-refractivity contribution < 1.29 is 60.0 Å². The van der Waals surface area contributed by atoms with Crippen molar-refractivity contribution in [3.63, 3.8) is 0 Å². The summed E-state index contributed by atoms with van der Waals surface area (Å²) < 4.78 is 161. The van der Waals surface area contributed by atoms with Crippen LogP contribution >= 0.6 is 69.6 Å². The molecule has 2 aromatic rings. The van der Waals surface area contributed by atoms with Crippen molar-refractivity contribution in [2.75, 3.05) is 5.08 Å². The molecule has 0 unspecified atom stereocenters. The Hall–Kier alpha value is -0.440. The summed E-state index contributed by atoms with van der Waals surface area (Å²) in [6.07, 6.45) is 0. The Kier molecular flexibility index (Phi) is 11.5. The third kappa shape index (κ3) is 7.93. The highest BCUT2D eigenvalue weighted by atomic mass is 35.5. The second kappa shape index (κ2) is 12.3. The van der Waals surface area contributed by atoms with Crippen LogP contribution in [-0.4, -0.2) is 52.8 Å². The molecule has 0 saturated heterocycles. The number of benzene rings is 2. The minimum Gasteiger partial charge on any atom is -0.223 e. The molecule has 40 heavy (non-hydrogen) atoms. The predicted octanol–water partition coefficient (Wildman–Crippen LogP) is 6.45. The maximum Gasteiger partial charge on any atom is 0.501 e. The van der Waals surface area contributed by atoms with E-state index in [-0.39, 0.29) is 20.1 Å². The fourth-order valence-electron chi connectivity index (χ4n) is 2.07. The molecule has 0 heterocycles. The minimum absolute atomic E-state index is 0.0145. The number of halogens is 12. The normalized spacial score (nSPS) is 13.9. The Bertz CT molecular complexity index is 1720. The van der Waals surface area contributed by atoms with Crippen molar-refractivity contribution in [3.05, 3.63) is 56.5 Å². The lowest BCUT2D eigenvalue weighted by Crippen LogP contribution is -2.43. The first-order valence-electron chi connectivity index (χ1n) is 8.88. The Morgan fingerprint density at radius 2 is 0.950 bits per heavy atom. The first kappa shape index (κ1) is 37.6. The molecular formula is C16H8Cl6F6O8S4. The molecule has 0 N–H and O–H groups in total. The monoisotopic (exact) mass is 780 g/mol. The Morgan fingerprint density at radius 1 is 0.575 bits per heavy atom. The molecule has 2 rings (SSSR count). The van der Waals surface area contributed by atoms with Crippen molar-refractivity contribution in [3.8, 4) is 0 Å². The van der Waals surface area contributed by atoms with Gasteiger partial charge in [0.25, 0.3) is 19.7 Å². The topological polar surface area (TPSA) is 137 Å². The molecule has 0 aliphatic rings. The Balaban J connectivity index is 0.000000402. The zero-order valence-corrected chi connectivity index (χ0v) is 25.9. The summed E-state index contributed by atoms with van der Waals surface area (Å²) in [6.45, 7) is 0. The van der Waals surface area contributed by atoms with Gasteiger partial charge in [-0.05, 0) is 36.4 Å². The van der Waals surface area contributed by atoms with Crippen molar-refractivity contribution >= 4 is 109 Å². The second-order valence-corrected chi connectivity index (χ2v) is 19.5. The lowest BCUT2D eigenvalue weighted by molar-refractivity contribution is -0.0440. The molecule has 228 valence electrons. The summed E-state index contributed by atoms with van der Waals surface area (Å²) in [5.41, 5.74) is -11.6. The maximum atomic E-state index is 12.5. The van der Waals surface area contributed by atoms with Gasteiger partial charge in [0.15, 0.2) is 14.9 Å². The molecule has 0 bridgehead atoms. The number of alkyl halides is 8. The number of hydrogen-bond acceptors (Lipinski definition) is 8. The summed E-state index contributed by atoms with van der Waals surface area (Å²) in [4.78, 5) is -1.59. The van der Waals surface area contributed by atoms with E-state index in [1.807, 2.05) is 0 Å². The van der Waals surface area contributed by atoms with Gasteiger partial charge in [-0.3, -0.25) is 0 Å². The Labute approximate surface area is 252 Å². The third-order valence-electron chi connectivity index (χ3n) is 4.04. The first-order chi connectivity index (χ1) is 17.5. The van der Waals surface area contributed by atoms with E-state index in [4.69, 9.17) is 69.6 Å². The van der Waals surface area contributed by atoms with Gasteiger partial charge in [0.05, 0.1) is 29.9 Å². The molecule has 0 atom stereocenters. The van der Waals surface area contributed by atoms with Crippen LogP contribution in [0.2, 0.25) is 20.1 Å².